The number of rotatable bonds is 0. The molecule has 1 saturated heterocycles. The van der Waals surface area contributed by atoms with Gasteiger partial charge in [0.2, 0.25) is 5.91 Å². The Balaban J connectivity index is 1.68. The molecule has 98 valence electrons. The first kappa shape index (κ1) is 11.3. The van der Waals surface area contributed by atoms with Gasteiger partial charge in [-0.2, -0.15) is 0 Å². The maximum absolute atomic E-state index is 12.7. The highest BCUT2D eigenvalue weighted by Crippen LogP contribution is 2.45. The molecule has 0 aromatic rings. The molecule has 4 atom stereocenters. The summed E-state index contributed by atoms with van der Waals surface area (Å²) in [5.74, 6) is 0.621. The SMILES string of the molecule is O=C1C2CCCCC2N=C2SC3CCCCC3N12. The van der Waals surface area contributed by atoms with E-state index >= 15 is 0 Å². The van der Waals surface area contributed by atoms with Gasteiger partial charge in [-0.25, -0.2) is 0 Å². The summed E-state index contributed by atoms with van der Waals surface area (Å²) in [5.41, 5.74) is 0. The lowest BCUT2D eigenvalue weighted by Crippen LogP contribution is -2.51. The fourth-order valence-corrected chi connectivity index (χ4v) is 5.57. The highest BCUT2D eigenvalue weighted by molar-refractivity contribution is 8.14. The molecule has 1 amide bonds. The Morgan fingerprint density at radius 1 is 1.06 bits per heavy atom. The molecule has 2 heterocycles. The number of nitrogens with zero attached hydrogens (tertiary/aromatic N) is 2. The predicted octanol–water partition coefficient (Wildman–Crippen LogP) is 2.80. The first-order valence-corrected chi connectivity index (χ1v) is 8.30. The average Bonchev–Trinajstić information content (AvgIpc) is 2.77. The molecule has 2 aliphatic heterocycles. The van der Waals surface area contributed by atoms with E-state index in [1.807, 2.05) is 11.8 Å². The van der Waals surface area contributed by atoms with Gasteiger partial charge in [-0.3, -0.25) is 14.7 Å². The van der Waals surface area contributed by atoms with Gasteiger partial charge in [-0.1, -0.05) is 37.4 Å². The lowest BCUT2D eigenvalue weighted by molar-refractivity contribution is -0.135. The number of amidine groups is 1. The zero-order valence-corrected chi connectivity index (χ0v) is 11.5. The predicted molar refractivity (Wildman–Crippen MR) is 73.7 cm³/mol. The standard InChI is InChI=1S/C14H20N2OS/c17-13-9-5-1-2-6-10(9)15-14-16(13)11-7-3-4-8-12(11)18-14/h9-12H,1-8H2. The number of fused-ring (bicyclic) bond motifs is 4. The summed E-state index contributed by atoms with van der Waals surface area (Å²) in [4.78, 5) is 19.8. The van der Waals surface area contributed by atoms with Crippen LogP contribution >= 0.6 is 11.8 Å². The van der Waals surface area contributed by atoms with Crippen LogP contribution in [0.2, 0.25) is 0 Å². The van der Waals surface area contributed by atoms with E-state index in [1.165, 1.54) is 38.5 Å². The summed E-state index contributed by atoms with van der Waals surface area (Å²) in [7, 11) is 0. The van der Waals surface area contributed by atoms with Crippen LogP contribution in [0.3, 0.4) is 0 Å². The summed E-state index contributed by atoms with van der Waals surface area (Å²) in [5, 5.41) is 1.71. The Morgan fingerprint density at radius 3 is 2.78 bits per heavy atom. The minimum absolute atomic E-state index is 0.212. The number of hydrogen-bond donors (Lipinski definition) is 0. The molecule has 18 heavy (non-hydrogen) atoms. The molecule has 0 bridgehead atoms. The molecule has 2 saturated carbocycles. The van der Waals surface area contributed by atoms with Crippen LogP contribution in [-0.2, 0) is 4.79 Å². The number of hydrogen-bond acceptors (Lipinski definition) is 3. The van der Waals surface area contributed by atoms with Crippen molar-refractivity contribution in [2.45, 2.75) is 68.7 Å². The van der Waals surface area contributed by atoms with Gasteiger partial charge < -0.3 is 0 Å². The summed E-state index contributed by atoms with van der Waals surface area (Å²) < 4.78 is 0. The summed E-state index contributed by atoms with van der Waals surface area (Å²) in [6, 6.07) is 0.781. The van der Waals surface area contributed by atoms with Crippen LogP contribution in [0.15, 0.2) is 4.99 Å². The number of carbonyl (C=O) groups is 1. The third-order valence-corrected chi connectivity index (χ3v) is 6.39. The van der Waals surface area contributed by atoms with E-state index < -0.39 is 0 Å². The van der Waals surface area contributed by atoms with E-state index in [4.69, 9.17) is 4.99 Å². The normalized spacial score (nSPS) is 43.0. The van der Waals surface area contributed by atoms with E-state index in [-0.39, 0.29) is 5.92 Å². The average molecular weight is 264 g/mol. The molecule has 0 spiro atoms. The second-order valence-corrected chi connectivity index (χ2v) is 7.29. The van der Waals surface area contributed by atoms with Crippen molar-refractivity contribution in [3.05, 3.63) is 0 Å². The first-order chi connectivity index (χ1) is 8.84. The molecule has 0 aromatic carbocycles. The first-order valence-electron chi connectivity index (χ1n) is 7.42. The Kier molecular flexibility index (Phi) is 2.68. The smallest absolute Gasteiger partial charge is 0.234 e. The maximum atomic E-state index is 12.7. The van der Waals surface area contributed by atoms with Crippen molar-refractivity contribution in [1.29, 1.82) is 0 Å². The van der Waals surface area contributed by atoms with Crippen LogP contribution in [0.5, 0.6) is 0 Å². The Morgan fingerprint density at radius 2 is 1.83 bits per heavy atom. The minimum Gasteiger partial charge on any atom is -0.287 e. The Bertz CT molecular complexity index is 409. The second-order valence-electron chi connectivity index (χ2n) is 6.09. The molecule has 0 radical (unpaired) electrons. The van der Waals surface area contributed by atoms with Gasteiger partial charge in [-0.05, 0) is 25.7 Å². The zero-order valence-electron chi connectivity index (χ0n) is 10.7. The van der Waals surface area contributed by atoms with Crippen molar-refractivity contribution >= 4 is 22.8 Å². The Hall–Kier alpha value is -0.510. The summed E-state index contributed by atoms with van der Waals surface area (Å²) in [6.07, 6.45) is 9.74. The summed E-state index contributed by atoms with van der Waals surface area (Å²) >= 11 is 1.89. The molecule has 3 nitrogen and oxygen atoms in total. The van der Waals surface area contributed by atoms with Gasteiger partial charge >= 0.3 is 0 Å². The molecule has 4 rings (SSSR count). The zero-order chi connectivity index (χ0) is 12.1. The molecule has 0 aromatic heterocycles. The van der Waals surface area contributed by atoms with Crippen LogP contribution < -0.4 is 0 Å². The lowest BCUT2D eigenvalue weighted by atomic mass is 9.82. The van der Waals surface area contributed by atoms with E-state index in [9.17, 15) is 4.79 Å². The number of amides is 1. The fraction of sp³-hybridized carbons (Fsp3) is 0.857. The minimum atomic E-state index is 0.212. The van der Waals surface area contributed by atoms with Crippen molar-refractivity contribution in [2.75, 3.05) is 0 Å². The third kappa shape index (κ3) is 1.57. The molecule has 4 heteroatoms. The molecular formula is C14H20N2OS. The van der Waals surface area contributed by atoms with Crippen molar-refractivity contribution < 1.29 is 4.79 Å². The maximum Gasteiger partial charge on any atom is 0.234 e. The second kappa shape index (κ2) is 4.26. The van der Waals surface area contributed by atoms with E-state index in [2.05, 4.69) is 4.90 Å². The van der Waals surface area contributed by atoms with Crippen LogP contribution in [0.4, 0.5) is 0 Å². The monoisotopic (exact) mass is 264 g/mol. The molecule has 0 N–H and O–H groups in total. The molecule has 3 fully saturated rings. The lowest BCUT2D eigenvalue weighted by Gasteiger charge is -2.38. The van der Waals surface area contributed by atoms with Gasteiger partial charge in [0.05, 0.1) is 18.0 Å². The highest BCUT2D eigenvalue weighted by Gasteiger charge is 2.49. The van der Waals surface area contributed by atoms with Gasteiger partial charge in [0.25, 0.3) is 0 Å². The van der Waals surface area contributed by atoms with E-state index in [1.54, 1.807) is 0 Å². The van der Waals surface area contributed by atoms with E-state index in [0.717, 1.165) is 18.0 Å². The molecule has 4 unspecified atom stereocenters. The van der Waals surface area contributed by atoms with Crippen molar-refractivity contribution in [3.8, 4) is 0 Å². The van der Waals surface area contributed by atoms with Gasteiger partial charge in [0, 0.05) is 5.25 Å². The highest BCUT2D eigenvalue weighted by atomic mass is 32.2. The van der Waals surface area contributed by atoms with Gasteiger partial charge in [0.15, 0.2) is 5.17 Å². The Labute approximate surface area is 112 Å². The fourth-order valence-electron chi connectivity index (χ4n) is 4.07. The quantitative estimate of drug-likeness (QED) is 0.674. The number of carbonyl (C=O) groups excluding carboxylic acids is 1. The number of thioether (sulfide) groups is 1. The van der Waals surface area contributed by atoms with Crippen molar-refractivity contribution in [2.24, 2.45) is 10.9 Å². The van der Waals surface area contributed by atoms with Crippen molar-refractivity contribution in [1.82, 2.24) is 4.90 Å². The largest absolute Gasteiger partial charge is 0.287 e. The van der Waals surface area contributed by atoms with Crippen LogP contribution in [0.25, 0.3) is 0 Å². The number of aliphatic imine (C=N–C) groups is 1. The molecular weight excluding hydrogens is 244 g/mol. The third-order valence-electron chi connectivity index (χ3n) is 5.02. The molecule has 2 aliphatic carbocycles. The summed E-state index contributed by atoms with van der Waals surface area (Å²) in [6.45, 7) is 0. The van der Waals surface area contributed by atoms with Gasteiger partial charge in [-0.15, -0.1) is 0 Å². The van der Waals surface area contributed by atoms with Gasteiger partial charge in [0.1, 0.15) is 0 Å². The van der Waals surface area contributed by atoms with Crippen LogP contribution in [0.1, 0.15) is 51.4 Å². The van der Waals surface area contributed by atoms with Crippen molar-refractivity contribution in [3.63, 3.8) is 0 Å². The topological polar surface area (TPSA) is 32.7 Å². The van der Waals surface area contributed by atoms with Crippen LogP contribution in [0, 0.1) is 5.92 Å². The van der Waals surface area contributed by atoms with Crippen LogP contribution in [-0.4, -0.2) is 33.3 Å². The molecule has 4 aliphatic rings. The van der Waals surface area contributed by atoms with E-state index in [0.29, 0.717) is 23.2 Å².